The smallest absolute Gasteiger partial charge is 0.231 e. The molecule has 4 nitrogen and oxygen atoms in total. The van der Waals surface area contributed by atoms with Crippen molar-refractivity contribution < 1.29 is 14.3 Å². The van der Waals surface area contributed by atoms with Gasteiger partial charge in [0.15, 0.2) is 0 Å². The van der Waals surface area contributed by atoms with Gasteiger partial charge in [0.1, 0.15) is 5.75 Å². The number of methoxy groups -OCH3 is 2. The Morgan fingerprint density at radius 2 is 2.18 bits per heavy atom. The number of nitrogens with zero attached hydrogens (tertiary/aromatic N) is 1. The van der Waals surface area contributed by atoms with Crippen molar-refractivity contribution in [2.45, 2.75) is 25.8 Å². The lowest BCUT2D eigenvalue weighted by molar-refractivity contribution is -0.152. The van der Waals surface area contributed by atoms with Gasteiger partial charge >= 0.3 is 0 Å². The molecule has 0 bridgehead atoms. The van der Waals surface area contributed by atoms with Crippen LogP contribution in [-0.4, -0.2) is 38.2 Å². The van der Waals surface area contributed by atoms with E-state index < -0.39 is 0 Å². The van der Waals surface area contributed by atoms with Gasteiger partial charge in [-0.3, -0.25) is 4.79 Å². The molecule has 0 saturated heterocycles. The molecule has 0 unspecified atom stereocenters. The van der Waals surface area contributed by atoms with Crippen molar-refractivity contribution in [1.82, 2.24) is 4.90 Å². The Balaban J connectivity index is 2.14. The molecule has 0 heterocycles. The topological polar surface area (TPSA) is 38.8 Å². The van der Waals surface area contributed by atoms with Gasteiger partial charge in [-0.25, -0.2) is 0 Å². The summed E-state index contributed by atoms with van der Waals surface area (Å²) in [6.45, 7) is 5.38. The van der Waals surface area contributed by atoms with Crippen LogP contribution in [0.1, 0.15) is 24.8 Å². The average molecular weight is 303 g/mol. The molecule has 1 aromatic carbocycles. The highest BCUT2D eigenvalue weighted by molar-refractivity contribution is 5.84. The van der Waals surface area contributed by atoms with E-state index in [0.29, 0.717) is 19.7 Å². The fourth-order valence-corrected chi connectivity index (χ4v) is 3.00. The summed E-state index contributed by atoms with van der Waals surface area (Å²) in [5.74, 6) is 0.974. The summed E-state index contributed by atoms with van der Waals surface area (Å²) in [6, 6.07) is 7.82. The standard InChI is InChI=1S/C18H25NO3/c1-4-11-19(13-15-7-5-8-16(12-15)22-3)17(20)18(14-21-2)9-6-10-18/h4-5,7-8,12H,1,6,9-11,13-14H2,2-3H3. The van der Waals surface area contributed by atoms with Crippen molar-refractivity contribution in [2.24, 2.45) is 5.41 Å². The predicted octanol–water partition coefficient (Wildman–Crippen LogP) is 3.03. The van der Waals surface area contributed by atoms with E-state index in [4.69, 9.17) is 9.47 Å². The number of amides is 1. The number of benzene rings is 1. The maximum atomic E-state index is 13.0. The Kier molecular flexibility index (Phi) is 5.61. The third kappa shape index (κ3) is 3.50. The monoisotopic (exact) mass is 303 g/mol. The second kappa shape index (κ2) is 7.45. The molecule has 1 aromatic rings. The second-order valence-corrected chi connectivity index (χ2v) is 5.89. The van der Waals surface area contributed by atoms with Crippen LogP contribution in [0.15, 0.2) is 36.9 Å². The minimum absolute atomic E-state index is 0.170. The van der Waals surface area contributed by atoms with Gasteiger partial charge in [-0.2, -0.15) is 0 Å². The van der Waals surface area contributed by atoms with Gasteiger partial charge in [0.25, 0.3) is 0 Å². The van der Waals surface area contributed by atoms with E-state index >= 15 is 0 Å². The molecular weight excluding hydrogens is 278 g/mol. The van der Waals surface area contributed by atoms with E-state index in [-0.39, 0.29) is 11.3 Å². The van der Waals surface area contributed by atoms with Crippen LogP contribution in [0.2, 0.25) is 0 Å². The van der Waals surface area contributed by atoms with Crippen LogP contribution >= 0.6 is 0 Å². The van der Waals surface area contributed by atoms with Crippen molar-refractivity contribution in [1.29, 1.82) is 0 Å². The largest absolute Gasteiger partial charge is 0.497 e. The normalized spacial score (nSPS) is 15.7. The van der Waals surface area contributed by atoms with Crippen LogP contribution in [0.5, 0.6) is 5.75 Å². The summed E-state index contributed by atoms with van der Waals surface area (Å²) in [7, 11) is 3.31. The van der Waals surface area contributed by atoms with Gasteiger partial charge in [0.2, 0.25) is 5.91 Å². The molecule has 0 N–H and O–H groups in total. The van der Waals surface area contributed by atoms with Crippen LogP contribution in [0.25, 0.3) is 0 Å². The van der Waals surface area contributed by atoms with Crippen molar-refractivity contribution in [3.8, 4) is 5.75 Å². The van der Waals surface area contributed by atoms with Crippen LogP contribution in [0, 0.1) is 5.41 Å². The summed E-state index contributed by atoms with van der Waals surface area (Å²) in [5.41, 5.74) is 0.720. The molecule has 22 heavy (non-hydrogen) atoms. The van der Waals surface area contributed by atoms with Gasteiger partial charge < -0.3 is 14.4 Å². The molecule has 1 aliphatic carbocycles. The fraction of sp³-hybridized carbons (Fsp3) is 0.500. The molecule has 120 valence electrons. The fourth-order valence-electron chi connectivity index (χ4n) is 3.00. The van der Waals surface area contributed by atoms with Gasteiger partial charge in [-0.05, 0) is 30.5 Å². The minimum atomic E-state index is -0.337. The molecule has 0 radical (unpaired) electrons. The zero-order valence-corrected chi connectivity index (χ0v) is 13.5. The second-order valence-electron chi connectivity index (χ2n) is 5.89. The molecule has 0 atom stereocenters. The van der Waals surface area contributed by atoms with Gasteiger partial charge in [-0.15, -0.1) is 6.58 Å². The van der Waals surface area contributed by atoms with Gasteiger partial charge in [0, 0.05) is 20.2 Å². The molecule has 1 saturated carbocycles. The number of rotatable bonds is 8. The average Bonchev–Trinajstić information content (AvgIpc) is 2.50. The molecule has 1 aliphatic rings. The first kappa shape index (κ1) is 16.6. The molecular formula is C18H25NO3. The third-order valence-corrected chi connectivity index (χ3v) is 4.33. The van der Waals surface area contributed by atoms with E-state index in [9.17, 15) is 4.79 Å². The highest BCUT2D eigenvalue weighted by Crippen LogP contribution is 2.43. The highest BCUT2D eigenvalue weighted by atomic mass is 16.5. The van der Waals surface area contributed by atoms with Crippen molar-refractivity contribution in [3.05, 3.63) is 42.5 Å². The maximum Gasteiger partial charge on any atom is 0.231 e. The zero-order chi connectivity index (χ0) is 16.0. The van der Waals surface area contributed by atoms with Crippen LogP contribution < -0.4 is 4.74 Å². The lowest BCUT2D eigenvalue weighted by Crippen LogP contribution is -2.50. The Labute approximate surface area is 132 Å². The first-order valence-electron chi connectivity index (χ1n) is 7.67. The molecule has 4 heteroatoms. The van der Waals surface area contributed by atoms with Crippen LogP contribution in [0.4, 0.5) is 0 Å². The molecule has 0 aliphatic heterocycles. The summed E-state index contributed by atoms with van der Waals surface area (Å²) < 4.78 is 10.5. The van der Waals surface area contributed by atoms with Gasteiger partial charge in [-0.1, -0.05) is 24.6 Å². The van der Waals surface area contributed by atoms with E-state index in [0.717, 1.165) is 30.6 Å². The lowest BCUT2D eigenvalue weighted by Gasteiger charge is -2.42. The maximum absolute atomic E-state index is 13.0. The SMILES string of the molecule is C=CCN(Cc1cccc(OC)c1)C(=O)C1(COC)CCC1. The number of ether oxygens (including phenoxy) is 2. The summed E-state index contributed by atoms with van der Waals surface area (Å²) in [4.78, 5) is 14.8. The Bertz CT molecular complexity index is 523. The number of carbonyl (C=O) groups is 1. The molecule has 0 spiro atoms. The molecule has 0 aromatic heterocycles. The zero-order valence-electron chi connectivity index (χ0n) is 13.5. The van der Waals surface area contributed by atoms with E-state index in [1.54, 1.807) is 20.3 Å². The van der Waals surface area contributed by atoms with Crippen LogP contribution in [-0.2, 0) is 16.1 Å². The van der Waals surface area contributed by atoms with Gasteiger partial charge in [0.05, 0.1) is 19.1 Å². The van der Waals surface area contributed by atoms with Crippen molar-refractivity contribution in [2.75, 3.05) is 27.4 Å². The Morgan fingerprint density at radius 1 is 1.41 bits per heavy atom. The number of hydrogen-bond donors (Lipinski definition) is 0. The Morgan fingerprint density at radius 3 is 2.73 bits per heavy atom. The first-order chi connectivity index (χ1) is 10.6. The Hall–Kier alpha value is -1.81. The van der Waals surface area contributed by atoms with Crippen molar-refractivity contribution >= 4 is 5.91 Å². The van der Waals surface area contributed by atoms with E-state index in [1.807, 2.05) is 29.2 Å². The van der Waals surface area contributed by atoms with Crippen molar-refractivity contribution in [3.63, 3.8) is 0 Å². The summed E-state index contributed by atoms with van der Waals surface area (Å²) in [5, 5.41) is 0. The molecule has 2 rings (SSSR count). The summed E-state index contributed by atoms with van der Waals surface area (Å²) in [6.07, 6.45) is 4.68. The third-order valence-electron chi connectivity index (χ3n) is 4.33. The van der Waals surface area contributed by atoms with E-state index in [2.05, 4.69) is 6.58 Å². The van der Waals surface area contributed by atoms with E-state index in [1.165, 1.54) is 0 Å². The number of hydrogen-bond acceptors (Lipinski definition) is 3. The summed E-state index contributed by atoms with van der Waals surface area (Å²) >= 11 is 0. The quantitative estimate of drug-likeness (QED) is 0.693. The van der Waals surface area contributed by atoms with Crippen LogP contribution in [0.3, 0.4) is 0 Å². The predicted molar refractivity (Wildman–Crippen MR) is 86.8 cm³/mol. The first-order valence-corrected chi connectivity index (χ1v) is 7.67. The molecule has 1 fully saturated rings. The minimum Gasteiger partial charge on any atom is -0.497 e. The highest BCUT2D eigenvalue weighted by Gasteiger charge is 2.46. The molecule has 1 amide bonds. The number of carbonyl (C=O) groups excluding carboxylic acids is 1. The lowest BCUT2D eigenvalue weighted by atomic mass is 9.68.